The summed E-state index contributed by atoms with van der Waals surface area (Å²) in [4.78, 5) is 10.5. The molecule has 0 saturated heterocycles. The number of phenolic OH excluding ortho intramolecular Hbond substituents is 2. The van der Waals surface area contributed by atoms with Gasteiger partial charge in [-0.2, -0.15) is 0 Å². The minimum absolute atomic E-state index is 0. The molecular formula is C60H46CoN2O2. The van der Waals surface area contributed by atoms with Crippen LogP contribution < -0.4 is 0 Å². The van der Waals surface area contributed by atoms with Crippen LogP contribution in [0.5, 0.6) is 11.5 Å². The van der Waals surface area contributed by atoms with E-state index in [1.54, 1.807) is 0 Å². The molecule has 10 aromatic rings. The minimum Gasteiger partial charge on any atom is -0.507 e. The Morgan fingerprint density at radius 2 is 0.708 bits per heavy atom. The molecule has 10 aromatic carbocycles. The normalized spacial score (nSPS) is 15.3. The van der Waals surface area contributed by atoms with Crippen molar-refractivity contribution in [3.63, 3.8) is 0 Å². The van der Waals surface area contributed by atoms with E-state index >= 15 is 0 Å². The van der Waals surface area contributed by atoms with Crippen molar-refractivity contribution in [2.75, 3.05) is 0 Å². The summed E-state index contributed by atoms with van der Waals surface area (Å²) in [5, 5.41) is 33.4. The van der Waals surface area contributed by atoms with Crippen molar-refractivity contribution >= 4 is 55.5 Å². The van der Waals surface area contributed by atoms with Gasteiger partial charge in [0.2, 0.25) is 0 Å². The Bertz CT molecular complexity index is 3210. The molecule has 1 aliphatic rings. The van der Waals surface area contributed by atoms with Crippen LogP contribution in [0.25, 0.3) is 87.6 Å². The molecule has 1 radical (unpaired) electrons. The van der Waals surface area contributed by atoms with E-state index in [1.807, 2.05) is 48.8 Å². The van der Waals surface area contributed by atoms with Gasteiger partial charge in [0.15, 0.2) is 0 Å². The van der Waals surface area contributed by atoms with Crippen molar-refractivity contribution in [3.05, 3.63) is 205 Å². The van der Waals surface area contributed by atoms with Crippen molar-refractivity contribution in [3.8, 4) is 56.0 Å². The van der Waals surface area contributed by atoms with E-state index in [0.717, 1.165) is 113 Å². The van der Waals surface area contributed by atoms with Gasteiger partial charge < -0.3 is 10.2 Å². The zero-order valence-electron chi connectivity index (χ0n) is 35.7. The number of aliphatic imine (C=N–C) groups is 2. The molecule has 1 fully saturated rings. The third-order valence-electron chi connectivity index (χ3n) is 13.1. The van der Waals surface area contributed by atoms with Crippen LogP contribution in [-0.4, -0.2) is 34.7 Å². The summed E-state index contributed by atoms with van der Waals surface area (Å²) in [7, 11) is 0. The number of hydrogen-bond donors (Lipinski definition) is 2. The third kappa shape index (κ3) is 7.77. The molecule has 5 heteroatoms. The van der Waals surface area contributed by atoms with Crippen molar-refractivity contribution < 1.29 is 27.0 Å². The van der Waals surface area contributed by atoms with E-state index in [2.05, 4.69) is 158 Å². The number of rotatable bonds is 8. The first-order valence-electron chi connectivity index (χ1n) is 22.3. The maximum Gasteiger partial charge on any atom is 0.132 e. The average Bonchev–Trinajstić information content (AvgIpc) is 3.35. The summed E-state index contributed by atoms with van der Waals surface area (Å²) in [5.41, 5.74) is 9.27. The number of nitrogens with zero attached hydrogens (tertiary/aromatic N) is 2. The van der Waals surface area contributed by atoms with Gasteiger partial charge in [0, 0.05) is 62.6 Å². The molecule has 317 valence electrons. The molecule has 1 saturated carbocycles. The molecule has 65 heavy (non-hydrogen) atoms. The molecule has 0 unspecified atom stereocenters. The van der Waals surface area contributed by atoms with Gasteiger partial charge >= 0.3 is 0 Å². The smallest absolute Gasteiger partial charge is 0.132 e. The van der Waals surface area contributed by atoms with E-state index in [9.17, 15) is 10.2 Å². The fourth-order valence-electron chi connectivity index (χ4n) is 10.0. The summed E-state index contributed by atoms with van der Waals surface area (Å²) < 4.78 is 0. The molecule has 11 rings (SSSR count). The monoisotopic (exact) mass is 885 g/mol. The Hall–Kier alpha value is -7.31. The predicted molar refractivity (Wildman–Crippen MR) is 269 cm³/mol. The van der Waals surface area contributed by atoms with Gasteiger partial charge in [0.05, 0.1) is 12.1 Å². The SMILES string of the molecule is Oc1c(C=N[C@H]2CCCC[C@@H]2N=Cc2cc3ccccc3c(-c3c(-c4ccccc4)ccc4ccccc34)c2O)cc2ccccc2c1-c1c(-c2ccccc2)ccc2ccccc12.[Co]. The van der Waals surface area contributed by atoms with Crippen molar-refractivity contribution in [2.24, 2.45) is 9.98 Å². The van der Waals surface area contributed by atoms with Crippen molar-refractivity contribution in [1.29, 1.82) is 0 Å². The van der Waals surface area contributed by atoms with Gasteiger partial charge in [-0.15, -0.1) is 0 Å². The third-order valence-corrected chi connectivity index (χ3v) is 13.1. The largest absolute Gasteiger partial charge is 0.507 e. The molecule has 2 N–H and O–H groups in total. The number of aromatic hydroxyl groups is 2. The topological polar surface area (TPSA) is 65.2 Å². The first-order valence-corrected chi connectivity index (χ1v) is 22.3. The summed E-state index contributed by atoms with van der Waals surface area (Å²) >= 11 is 0. The number of fused-ring (bicyclic) bond motifs is 4. The van der Waals surface area contributed by atoms with Gasteiger partial charge in [0.25, 0.3) is 0 Å². The number of phenols is 2. The van der Waals surface area contributed by atoms with Crippen molar-refractivity contribution in [2.45, 2.75) is 37.8 Å². The van der Waals surface area contributed by atoms with Crippen LogP contribution in [0.1, 0.15) is 36.8 Å². The molecule has 4 nitrogen and oxygen atoms in total. The predicted octanol–water partition coefficient (Wildman–Crippen LogP) is 15.2. The van der Waals surface area contributed by atoms with E-state index in [4.69, 9.17) is 9.98 Å². The van der Waals surface area contributed by atoms with E-state index in [-0.39, 0.29) is 40.4 Å². The quantitative estimate of drug-likeness (QED) is 0.149. The maximum absolute atomic E-state index is 12.5. The van der Waals surface area contributed by atoms with Gasteiger partial charge in [-0.3, -0.25) is 9.98 Å². The summed E-state index contributed by atoms with van der Waals surface area (Å²) in [6.45, 7) is 0. The van der Waals surface area contributed by atoms with E-state index in [0.29, 0.717) is 11.1 Å². The Kier molecular flexibility index (Phi) is 11.6. The number of hydrogen-bond acceptors (Lipinski definition) is 4. The second kappa shape index (κ2) is 18.0. The molecule has 0 aromatic heterocycles. The molecule has 0 bridgehead atoms. The minimum atomic E-state index is -0.0958. The van der Waals surface area contributed by atoms with Crippen LogP contribution in [0.2, 0.25) is 0 Å². The van der Waals surface area contributed by atoms with Crippen LogP contribution in [0.15, 0.2) is 204 Å². The van der Waals surface area contributed by atoms with Crippen LogP contribution >= 0.6 is 0 Å². The Morgan fingerprint density at radius 1 is 0.369 bits per heavy atom. The molecule has 0 amide bonds. The Labute approximate surface area is 389 Å². The fourth-order valence-corrected chi connectivity index (χ4v) is 10.0. The van der Waals surface area contributed by atoms with Gasteiger partial charge in [-0.05, 0) is 90.3 Å². The molecule has 0 heterocycles. The van der Waals surface area contributed by atoms with Gasteiger partial charge in [-0.25, -0.2) is 0 Å². The summed E-state index contributed by atoms with van der Waals surface area (Å²) in [6, 6.07) is 66.9. The zero-order chi connectivity index (χ0) is 43.0. The summed E-state index contributed by atoms with van der Waals surface area (Å²) in [5.74, 6) is 0.424. The average molecular weight is 886 g/mol. The number of benzene rings is 10. The van der Waals surface area contributed by atoms with Crippen LogP contribution in [0.3, 0.4) is 0 Å². The first kappa shape index (κ1) is 41.7. The Balaban J connectivity index is 0.00000498. The standard InChI is InChI=1S/C60H46N2O2.Co/c63-59-45(35-43-23-9-13-27-49(43)57(59)55-47-25-11-7-21-41(47)31-33-51(55)39-17-3-1-4-18-39)37-61-53-29-15-16-30-54(53)62-38-46-36-44-24-10-14-28-50(44)58(60(46)64)56-48-26-12-8-22-42(48)32-34-52(56)40-19-5-2-6-20-40;/h1-14,17-28,31-38,53-54,63-64H,15-16,29-30H2;/t53-,54-;/m0./s1. The fraction of sp³-hybridized carbons (Fsp3) is 0.100. The zero-order valence-corrected chi connectivity index (χ0v) is 36.8. The van der Waals surface area contributed by atoms with Crippen LogP contribution in [-0.2, 0) is 16.8 Å². The van der Waals surface area contributed by atoms with Crippen molar-refractivity contribution in [1.82, 2.24) is 0 Å². The van der Waals surface area contributed by atoms with Crippen LogP contribution in [0, 0.1) is 0 Å². The molecule has 1 aliphatic carbocycles. The van der Waals surface area contributed by atoms with Gasteiger partial charge in [-0.1, -0.05) is 195 Å². The first-order chi connectivity index (χ1) is 31.6. The maximum atomic E-state index is 12.5. The van der Waals surface area contributed by atoms with E-state index < -0.39 is 0 Å². The second-order valence-electron chi connectivity index (χ2n) is 16.9. The van der Waals surface area contributed by atoms with Crippen LogP contribution in [0.4, 0.5) is 0 Å². The molecule has 0 spiro atoms. The molecular weight excluding hydrogens is 840 g/mol. The second-order valence-corrected chi connectivity index (χ2v) is 16.9. The summed E-state index contributed by atoms with van der Waals surface area (Å²) in [6.07, 6.45) is 7.60. The molecule has 0 aliphatic heterocycles. The Morgan fingerprint density at radius 3 is 1.11 bits per heavy atom. The van der Waals surface area contributed by atoms with Gasteiger partial charge in [0.1, 0.15) is 11.5 Å². The molecule has 2 atom stereocenters. The van der Waals surface area contributed by atoms with E-state index in [1.165, 1.54) is 0 Å².